The second-order valence-corrected chi connectivity index (χ2v) is 9.36. The SMILES string of the molecule is O=C([C@H]1CCCN(S(=O)(=O)c2ccc3c(c2)CCC3)C1)N1CCOCC1. The maximum Gasteiger partial charge on any atom is 0.243 e. The molecule has 0 N–H and O–H groups in total. The molecule has 1 amide bonds. The van der Waals surface area contributed by atoms with Crippen LogP contribution in [0.4, 0.5) is 0 Å². The molecule has 2 aliphatic heterocycles. The number of nitrogens with zero attached hydrogens (tertiary/aromatic N) is 2. The fourth-order valence-corrected chi connectivity index (χ4v) is 5.84. The smallest absolute Gasteiger partial charge is 0.243 e. The summed E-state index contributed by atoms with van der Waals surface area (Å²) in [4.78, 5) is 15.0. The van der Waals surface area contributed by atoms with Crippen molar-refractivity contribution in [3.05, 3.63) is 29.3 Å². The van der Waals surface area contributed by atoms with Crippen molar-refractivity contribution in [1.29, 1.82) is 0 Å². The van der Waals surface area contributed by atoms with Crippen LogP contribution in [0.1, 0.15) is 30.4 Å². The first kappa shape index (κ1) is 17.9. The van der Waals surface area contributed by atoms with Crippen molar-refractivity contribution in [1.82, 2.24) is 9.21 Å². The second-order valence-electron chi connectivity index (χ2n) is 7.42. The molecule has 0 aromatic heterocycles. The Hall–Kier alpha value is -1.44. The van der Waals surface area contributed by atoms with Crippen LogP contribution in [0.5, 0.6) is 0 Å². The van der Waals surface area contributed by atoms with E-state index in [0.29, 0.717) is 37.7 Å². The molecule has 142 valence electrons. The zero-order valence-corrected chi connectivity index (χ0v) is 15.8. The number of hydrogen-bond acceptors (Lipinski definition) is 4. The standard InChI is InChI=1S/C19H26N2O4S/c22-19(20-9-11-25-12-10-20)17-5-2-8-21(14-17)26(23,24)18-7-6-15-3-1-4-16(15)13-18/h6-7,13,17H,1-5,8-12,14H2/t17-/m0/s1. The van der Waals surface area contributed by atoms with E-state index < -0.39 is 10.0 Å². The molecule has 1 atom stereocenters. The molecular weight excluding hydrogens is 352 g/mol. The van der Waals surface area contributed by atoms with Crippen LogP contribution >= 0.6 is 0 Å². The summed E-state index contributed by atoms with van der Waals surface area (Å²) in [5.41, 5.74) is 2.42. The molecule has 2 fully saturated rings. The Kier molecular flexibility index (Phi) is 5.03. The van der Waals surface area contributed by atoms with Gasteiger partial charge in [0.2, 0.25) is 15.9 Å². The van der Waals surface area contributed by atoms with Crippen LogP contribution in [0, 0.1) is 5.92 Å². The predicted molar refractivity (Wildman–Crippen MR) is 97.3 cm³/mol. The molecule has 2 saturated heterocycles. The molecule has 0 radical (unpaired) electrons. The molecular formula is C19H26N2O4S. The minimum absolute atomic E-state index is 0.0714. The third-order valence-corrected chi connectivity index (χ3v) is 7.62. The highest BCUT2D eigenvalue weighted by Gasteiger charge is 2.35. The molecule has 0 saturated carbocycles. The normalized spacial score (nSPS) is 24.5. The van der Waals surface area contributed by atoms with Gasteiger partial charge in [-0.25, -0.2) is 8.42 Å². The fraction of sp³-hybridized carbons (Fsp3) is 0.632. The molecule has 3 aliphatic rings. The number of sulfonamides is 1. The first-order chi connectivity index (χ1) is 12.6. The van der Waals surface area contributed by atoms with Gasteiger partial charge in [0.25, 0.3) is 0 Å². The van der Waals surface area contributed by atoms with E-state index in [1.54, 1.807) is 6.07 Å². The van der Waals surface area contributed by atoms with Gasteiger partial charge in [-0.2, -0.15) is 4.31 Å². The summed E-state index contributed by atoms with van der Waals surface area (Å²) in [5, 5.41) is 0. The van der Waals surface area contributed by atoms with Crippen LogP contribution in [0.3, 0.4) is 0 Å². The molecule has 1 aromatic carbocycles. The van der Waals surface area contributed by atoms with Crippen molar-refractivity contribution in [3.63, 3.8) is 0 Å². The van der Waals surface area contributed by atoms with E-state index in [1.165, 1.54) is 9.87 Å². The molecule has 7 heteroatoms. The van der Waals surface area contributed by atoms with Gasteiger partial charge in [-0.3, -0.25) is 4.79 Å². The summed E-state index contributed by atoms with van der Waals surface area (Å²) in [6, 6.07) is 5.52. The van der Waals surface area contributed by atoms with Gasteiger partial charge in [-0.05, 0) is 55.4 Å². The number of rotatable bonds is 3. The average Bonchev–Trinajstić information content (AvgIpc) is 3.16. The van der Waals surface area contributed by atoms with Crippen LogP contribution < -0.4 is 0 Å². The number of hydrogen-bond donors (Lipinski definition) is 0. The van der Waals surface area contributed by atoms with Crippen LogP contribution in [-0.4, -0.2) is 62.9 Å². The van der Waals surface area contributed by atoms with Gasteiger partial charge in [0, 0.05) is 26.2 Å². The topological polar surface area (TPSA) is 66.9 Å². The molecule has 2 heterocycles. The van der Waals surface area contributed by atoms with Crippen LogP contribution in [0.2, 0.25) is 0 Å². The number of piperidine rings is 1. The highest BCUT2D eigenvalue weighted by Crippen LogP contribution is 2.29. The van der Waals surface area contributed by atoms with Crippen molar-refractivity contribution < 1.29 is 17.9 Å². The van der Waals surface area contributed by atoms with Gasteiger partial charge in [0.05, 0.1) is 24.0 Å². The summed E-state index contributed by atoms with van der Waals surface area (Å²) >= 11 is 0. The lowest BCUT2D eigenvalue weighted by Gasteiger charge is -2.35. The minimum atomic E-state index is -3.54. The number of aryl methyl sites for hydroxylation is 2. The van der Waals surface area contributed by atoms with E-state index in [0.717, 1.165) is 37.7 Å². The molecule has 4 rings (SSSR count). The number of ether oxygens (including phenoxy) is 1. The third kappa shape index (κ3) is 3.40. The number of fused-ring (bicyclic) bond motifs is 1. The van der Waals surface area contributed by atoms with Crippen molar-refractivity contribution in [2.75, 3.05) is 39.4 Å². The largest absolute Gasteiger partial charge is 0.378 e. The fourth-order valence-electron chi connectivity index (χ4n) is 4.26. The Morgan fingerprint density at radius 1 is 1.04 bits per heavy atom. The second kappa shape index (κ2) is 7.29. The lowest BCUT2D eigenvalue weighted by atomic mass is 9.98. The van der Waals surface area contributed by atoms with E-state index in [2.05, 4.69) is 0 Å². The lowest BCUT2D eigenvalue weighted by Crippen LogP contribution is -2.49. The number of amides is 1. The van der Waals surface area contributed by atoms with E-state index in [4.69, 9.17) is 4.74 Å². The summed E-state index contributed by atoms with van der Waals surface area (Å²) < 4.78 is 33.0. The third-order valence-electron chi connectivity index (χ3n) is 5.76. The minimum Gasteiger partial charge on any atom is -0.378 e. The Morgan fingerprint density at radius 3 is 2.62 bits per heavy atom. The molecule has 1 aromatic rings. The van der Waals surface area contributed by atoms with Crippen LogP contribution in [0.15, 0.2) is 23.1 Å². The van der Waals surface area contributed by atoms with Gasteiger partial charge in [-0.15, -0.1) is 0 Å². The van der Waals surface area contributed by atoms with E-state index in [9.17, 15) is 13.2 Å². The van der Waals surface area contributed by atoms with Gasteiger partial charge in [0.1, 0.15) is 0 Å². The lowest BCUT2D eigenvalue weighted by molar-refractivity contribution is -0.140. The van der Waals surface area contributed by atoms with Crippen molar-refractivity contribution in [2.45, 2.75) is 37.0 Å². The zero-order chi connectivity index (χ0) is 18.1. The summed E-state index contributed by atoms with van der Waals surface area (Å²) in [6.45, 7) is 3.12. The quantitative estimate of drug-likeness (QED) is 0.798. The van der Waals surface area contributed by atoms with E-state index >= 15 is 0 Å². The van der Waals surface area contributed by atoms with Crippen molar-refractivity contribution in [2.24, 2.45) is 5.92 Å². The van der Waals surface area contributed by atoms with Crippen molar-refractivity contribution >= 4 is 15.9 Å². The van der Waals surface area contributed by atoms with Gasteiger partial charge >= 0.3 is 0 Å². The maximum atomic E-state index is 13.1. The van der Waals surface area contributed by atoms with Gasteiger partial charge in [-0.1, -0.05) is 6.07 Å². The molecule has 1 aliphatic carbocycles. The summed E-state index contributed by atoms with van der Waals surface area (Å²) in [7, 11) is -3.54. The summed E-state index contributed by atoms with van der Waals surface area (Å²) in [5.74, 6) is -0.173. The van der Waals surface area contributed by atoms with Crippen LogP contribution in [-0.2, 0) is 32.4 Å². The van der Waals surface area contributed by atoms with Crippen LogP contribution in [0.25, 0.3) is 0 Å². The molecule has 0 spiro atoms. The highest BCUT2D eigenvalue weighted by molar-refractivity contribution is 7.89. The van der Waals surface area contributed by atoms with E-state index in [1.807, 2.05) is 17.0 Å². The van der Waals surface area contributed by atoms with Gasteiger partial charge < -0.3 is 9.64 Å². The Bertz CT molecular complexity index is 787. The Labute approximate surface area is 155 Å². The number of morpholine rings is 1. The number of carbonyl (C=O) groups excluding carboxylic acids is 1. The highest BCUT2D eigenvalue weighted by atomic mass is 32.2. The Morgan fingerprint density at radius 2 is 1.81 bits per heavy atom. The number of carbonyl (C=O) groups is 1. The monoisotopic (exact) mass is 378 g/mol. The average molecular weight is 378 g/mol. The van der Waals surface area contributed by atoms with Crippen molar-refractivity contribution in [3.8, 4) is 0 Å². The molecule has 6 nitrogen and oxygen atoms in total. The molecule has 26 heavy (non-hydrogen) atoms. The van der Waals surface area contributed by atoms with Gasteiger partial charge in [0.15, 0.2) is 0 Å². The zero-order valence-electron chi connectivity index (χ0n) is 15.0. The van der Waals surface area contributed by atoms with E-state index in [-0.39, 0.29) is 18.4 Å². The maximum absolute atomic E-state index is 13.1. The molecule has 0 unspecified atom stereocenters. The predicted octanol–water partition coefficient (Wildman–Crippen LogP) is 1.43. The molecule has 0 bridgehead atoms. The first-order valence-electron chi connectivity index (χ1n) is 9.54. The Balaban J connectivity index is 1.50. The first-order valence-corrected chi connectivity index (χ1v) is 11.0. The number of benzene rings is 1. The summed E-state index contributed by atoms with van der Waals surface area (Å²) in [6.07, 6.45) is 4.57.